The summed E-state index contributed by atoms with van der Waals surface area (Å²) in [6, 6.07) is 4.58. The van der Waals surface area contributed by atoms with Crippen molar-refractivity contribution in [2.45, 2.75) is 49.8 Å². The molecule has 4 fully saturated rings. The third kappa shape index (κ3) is 3.91. The highest BCUT2D eigenvalue weighted by atomic mass is 32.2. The Labute approximate surface area is 174 Å². The first-order valence-electron chi connectivity index (χ1n) is 10.6. The Morgan fingerprint density at radius 1 is 1.14 bits per heavy atom. The third-order valence-corrected chi connectivity index (χ3v) is 9.13. The average Bonchev–Trinajstić information content (AvgIpc) is 2.66. The van der Waals surface area contributed by atoms with Crippen LogP contribution in [0.2, 0.25) is 0 Å². The van der Waals surface area contributed by atoms with Gasteiger partial charge >= 0.3 is 0 Å². The van der Waals surface area contributed by atoms with Crippen molar-refractivity contribution in [3.8, 4) is 5.75 Å². The molecule has 1 aromatic carbocycles. The van der Waals surface area contributed by atoms with E-state index in [1.54, 1.807) is 12.1 Å². The van der Waals surface area contributed by atoms with Gasteiger partial charge in [0.15, 0.2) is 0 Å². The second kappa shape index (κ2) is 7.58. The molecule has 0 aliphatic heterocycles. The SMILES string of the molecule is COc1ccc(C(=O)NCCC23CC4CC(CC(C4)C2)C3)cc1S(=O)(=O)N(C)C. The number of benzene rings is 1. The molecule has 0 spiro atoms. The van der Waals surface area contributed by atoms with Crippen molar-refractivity contribution in [1.82, 2.24) is 9.62 Å². The Morgan fingerprint density at radius 3 is 2.24 bits per heavy atom. The number of nitrogens with one attached hydrogen (secondary N) is 1. The zero-order valence-corrected chi connectivity index (χ0v) is 18.4. The molecule has 0 radical (unpaired) electrons. The number of carbonyl (C=O) groups excluding carboxylic acids is 1. The second-order valence-electron chi connectivity index (χ2n) is 9.58. The van der Waals surface area contributed by atoms with Gasteiger partial charge in [-0.1, -0.05) is 0 Å². The van der Waals surface area contributed by atoms with Crippen molar-refractivity contribution < 1.29 is 17.9 Å². The highest BCUT2D eigenvalue weighted by molar-refractivity contribution is 7.89. The predicted molar refractivity (Wildman–Crippen MR) is 111 cm³/mol. The fourth-order valence-electron chi connectivity index (χ4n) is 6.36. The summed E-state index contributed by atoms with van der Waals surface area (Å²) in [5.41, 5.74) is 0.762. The van der Waals surface area contributed by atoms with Gasteiger partial charge < -0.3 is 10.1 Å². The largest absolute Gasteiger partial charge is 0.495 e. The van der Waals surface area contributed by atoms with Gasteiger partial charge in [0, 0.05) is 26.2 Å². The molecular weight excluding hydrogens is 388 g/mol. The van der Waals surface area contributed by atoms with Crippen LogP contribution in [0, 0.1) is 23.2 Å². The Balaban J connectivity index is 1.43. The maximum Gasteiger partial charge on any atom is 0.251 e. The van der Waals surface area contributed by atoms with E-state index < -0.39 is 10.0 Å². The van der Waals surface area contributed by atoms with E-state index in [1.165, 1.54) is 65.8 Å². The molecule has 160 valence electrons. The fraction of sp³-hybridized carbons (Fsp3) is 0.682. The molecule has 5 rings (SSSR count). The number of sulfonamides is 1. The van der Waals surface area contributed by atoms with Crippen LogP contribution in [0.25, 0.3) is 0 Å². The van der Waals surface area contributed by atoms with E-state index in [4.69, 9.17) is 4.74 Å². The fourth-order valence-corrected chi connectivity index (χ4v) is 7.43. The number of carbonyl (C=O) groups is 1. The molecule has 0 aromatic heterocycles. The van der Waals surface area contributed by atoms with Gasteiger partial charge in [-0.15, -0.1) is 0 Å². The average molecular weight is 421 g/mol. The molecule has 1 aromatic rings. The van der Waals surface area contributed by atoms with Gasteiger partial charge in [0.2, 0.25) is 10.0 Å². The molecule has 6 nitrogen and oxygen atoms in total. The lowest BCUT2D eigenvalue weighted by Crippen LogP contribution is -2.47. The maximum absolute atomic E-state index is 12.7. The summed E-state index contributed by atoms with van der Waals surface area (Å²) in [5.74, 6) is 2.71. The maximum atomic E-state index is 12.7. The smallest absolute Gasteiger partial charge is 0.251 e. The van der Waals surface area contributed by atoms with Crippen LogP contribution < -0.4 is 10.1 Å². The number of methoxy groups -OCH3 is 1. The molecule has 4 saturated carbocycles. The van der Waals surface area contributed by atoms with Crippen molar-refractivity contribution in [3.63, 3.8) is 0 Å². The summed E-state index contributed by atoms with van der Waals surface area (Å²) in [7, 11) is 0.658. The van der Waals surface area contributed by atoms with Crippen LogP contribution in [-0.4, -0.2) is 46.4 Å². The first-order valence-corrected chi connectivity index (χ1v) is 12.1. The van der Waals surface area contributed by atoms with E-state index in [9.17, 15) is 13.2 Å². The van der Waals surface area contributed by atoms with E-state index in [0.717, 1.165) is 28.5 Å². The van der Waals surface area contributed by atoms with Crippen LogP contribution in [0.3, 0.4) is 0 Å². The van der Waals surface area contributed by atoms with Gasteiger partial charge in [0.1, 0.15) is 10.6 Å². The van der Waals surface area contributed by atoms with E-state index in [1.807, 2.05) is 0 Å². The second-order valence-corrected chi connectivity index (χ2v) is 11.7. The predicted octanol–water partition coefficient (Wildman–Crippen LogP) is 3.28. The van der Waals surface area contributed by atoms with Crippen LogP contribution >= 0.6 is 0 Å². The standard InChI is InChI=1S/C22H32N2O4S/c1-24(2)29(26,27)20-11-18(4-5-19(20)28-3)21(25)23-7-6-22-12-15-8-16(13-22)10-17(9-15)14-22/h4-5,11,15-17H,6-10,12-14H2,1-3H3,(H,23,25). The van der Waals surface area contributed by atoms with E-state index in [2.05, 4.69) is 5.32 Å². The summed E-state index contributed by atoms with van der Waals surface area (Å²) in [4.78, 5) is 12.7. The Bertz CT molecular complexity index is 859. The van der Waals surface area contributed by atoms with E-state index in [0.29, 0.717) is 17.5 Å². The quantitative estimate of drug-likeness (QED) is 0.734. The van der Waals surface area contributed by atoms with Gasteiger partial charge in [-0.25, -0.2) is 12.7 Å². The van der Waals surface area contributed by atoms with Crippen molar-refractivity contribution in [1.29, 1.82) is 0 Å². The lowest BCUT2D eigenvalue weighted by Gasteiger charge is -2.57. The topological polar surface area (TPSA) is 75.7 Å². The van der Waals surface area contributed by atoms with Crippen molar-refractivity contribution >= 4 is 15.9 Å². The van der Waals surface area contributed by atoms with Gasteiger partial charge in [-0.3, -0.25) is 4.79 Å². The molecule has 4 bridgehead atoms. The van der Waals surface area contributed by atoms with Crippen molar-refractivity contribution in [2.24, 2.45) is 23.2 Å². The van der Waals surface area contributed by atoms with E-state index >= 15 is 0 Å². The van der Waals surface area contributed by atoms with Crippen LogP contribution in [0.5, 0.6) is 5.75 Å². The molecule has 1 N–H and O–H groups in total. The van der Waals surface area contributed by atoms with Crippen LogP contribution in [0.4, 0.5) is 0 Å². The van der Waals surface area contributed by atoms with Crippen LogP contribution in [-0.2, 0) is 10.0 Å². The summed E-state index contributed by atoms with van der Waals surface area (Å²) in [5, 5.41) is 3.03. The molecule has 4 aliphatic rings. The summed E-state index contributed by atoms with van der Waals surface area (Å²) >= 11 is 0. The summed E-state index contributed by atoms with van der Waals surface area (Å²) in [6.45, 7) is 0.646. The number of amides is 1. The summed E-state index contributed by atoms with van der Waals surface area (Å²) in [6.07, 6.45) is 9.25. The van der Waals surface area contributed by atoms with Gasteiger partial charge in [0.05, 0.1) is 7.11 Å². The zero-order chi connectivity index (χ0) is 20.8. The van der Waals surface area contributed by atoms with Crippen molar-refractivity contribution in [2.75, 3.05) is 27.7 Å². The molecule has 7 heteroatoms. The Morgan fingerprint density at radius 2 is 1.72 bits per heavy atom. The van der Waals surface area contributed by atoms with Crippen molar-refractivity contribution in [3.05, 3.63) is 23.8 Å². The lowest BCUT2D eigenvalue weighted by molar-refractivity contribution is -0.0564. The number of hydrogen-bond donors (Lipinski definition) is 1. The number of rotatable bonds is 7. The molecule has 29 heavy (non-hydrogen) atoms. The van der Waals surface area contributed by atoms with Crippen LogP contribution in [0.15, 0.2) is 23.1 Å². The first-order chi connectivity index (χ1) is 13.7. The Hall–Kier alpha value is -1.60. The van der Waals surface area contributed by atoms with Gasteiger partial charge in [-0.2, -0.15) is 0 Å². The molecule has 0 atom stereocenters. The molecular formula is C22H32N2O4S. The highest BCUT2D eigenvalue weighted by Crippen LogP contribution is 2.61. The molecule has 0 saturated heterocycles. The minimum atomic E-state index is -3.70. The van der Waals surface area contributed by atoms with Crippen LogP contribution in [0.1, 0.15) is 55.3 Å². The first kappa shape index (κ1) is 20.7. The molecule has 4 aliphatic carbocycles. The van der Waals surface area contributed by atoms with Gasteiger partial charge in [-0.05, 0) is 86.3 Å². The highest BCUT2D eigenvalue weighted by Gasteiger charge is 2.50. The number of ether oxygens (including phenoxy) is 1. The zero-order valence-electron chi connectivity index (χ0n) is 17.6. The Kier molecular flexibility index (Phi) is 5.40. The minimum absolute atomic E-state index is 0.0127. The minimum Gasteiger partial charge on any atom is -0.495 e. The van der Waals surface area contributed by atoms with E-state index in [-0.39, 0.29) is 16.6 Å². The number of nitrogens with zero attached hydrogens (tertiary/aromatic N) is 1. The normalized spacial score (nSPS) is 30.6. The monoisotopic (exact) mass is 420 g/mol. The molecule has 0 heterocycles. The molecule has 1 amide bonds. The number of hydrogen-bond acceptors (Lipinski definition) is 4. The third-order valence-electron chi connectivity index (χ3n) is 7.29. The lowest BCUT2D eigenvalue weighted by atomic mass is 9.49. The molecule has 0 unspecified atom stereocenters. The summed E-state index contributed by atoms with van der Waals surface area (Å²) < 4.78 is 31.5. The van der Waals surface area contributed by atoms with Gasteiger partial charge in [0.25, 0.3) is 5.91 Å².